The lowest BCUT2D eigenvalue weighted by Crippen LogP contribution is -2.44. The molecule has 1 aromatic rings. The molecule has 1 aromatic carbocycles. The Morgan fingerprint density at radius 3 is 2.56 bits per heavy atom. The molecule has 0 unspecified atom stereocenters. The average molecular weight is 269 g/mol. The number of hydrogen-bond donors (Lipinski definition) is 2. The van der Waals surface area contributed by atoms with Crippen LogP contribution in [0.4, 0.5) is 5.69 Å². The highest BCUT2D eigenvalue weighted by molar-refractivity contribution is 7.89. The van der Waals surface area contributed by atoms with E-state index < -0.39 is 10.0 Å². The summed E-state index contributed by atoms with van der Waals surface area (Å²) in [6.07, 6.45) is 1.87. The third-order valence-corrected chi connectivity index (χ3v) is 4.97. The Morgan fingerprint density at radius 2 is 2.00 bits per heavy atom. The highest BCUT2D eigenvalue weighted by atomic mass is 32.2. The Balaban J connectivity index is 2.15. The Bertz CT molecular complexity index is 522. The summed E-state index contributed by atoms with van der Waals surface area (Å²) in [5, 5.41) is 3.30. The Morgan fingerprint density at radius 1 is 1.33 bits per heavy atom. The lowest BCUT2D eigenvalue weighted by Gasteiger charge is -2.33. The zero-order valence-electron chi connectivity index (χ0n) is 10.6. The van der Waals surface area contributed by atoms with Gasteiger partial charge in [-0.15, -0.1) is 0 Å². The zero-order chi connectivity index (χ0) is 13.3. The van der Waals surface area contributed by atoms with Crippen LogP contribution in [-0.4, -0.2) is 38.9 Å². The number of hydrogen-bond acceptors (Lipinski definition) is 4. The number of benzene rings is 1. The molecule has 0 radical (unpaired) electrons. The Kier molecular flexibility index (Phi) is 3.61. The molecule has 0 bridgehead atoms. The first-order valence-corrected chi connectivity index (χ1v) is 7.38. The normalized spacial score (nSPS) is 23.8. The fourth-order valence-corrected chi connectivity index (χ4v) is 2.92. The molecule has 0 saturated heterocycles. The number of nitrogens with two attached hydrogens (primary N) is 1. The molecule has 0 aliphatic heterocycles. The second-order valence-electron chi connectivity index (χ2n) is 4.89. The van der Waals surface area contributed by atoms with Gasteiger partial charge in [0.05, 0.1) is 4.90 Å². The summed E-state index contributed by atoms with van der Waals surface area (Å²) in [7, 11) is -0.310. The highest BCUT2D eigenvalue weighted by Crippen LogP contribution is 2.24. The van der Waals surface area contributed by atoms with E-state index in [2.05, 4.69) is 5.32 Å². The van der Waals surface area contributed by atoms with Crippen LogP contribution in [-0.2, 0) is 10.0 Å². The van der Waals surface area contributed by atoms with Gasteiger partial charge in [-0.1, -0.05) is 6.07 Å². The smallest absolute Gasteiger partial charge is 0.242 e. The molecule has 0 heterocycles. The molecule has 0 aromatic heterocycles. The van der Waals surface area contributed by atoms with Crippen molar-refractivity contribution in [1.82, 2.24) is 4.31 Å². The van der Waals surface area contributed by atoms with Gasteiger partial charge in [0.1, 0.15) is 0 Å². The van der Waals surface area contributed by atoms with Crippen molar-refractivity contribution in [2.24, 2.45) is 5.73 Å². The average Bonchev–Trinajstić information content (AvgIpc) is 2.27. The van der Waals surface area contributed by atoms with Gasteiger partial charge in [-0.25, -0.2) is 12.7 Å². The van der Waals surface area contributed by atoms with Gasteiger partial charge >= 0.3 is 0 Å². The first-order chi connectivity index (χ1) is 8.39. The summed E-state index contributed by atoms with van der Waals surface area (Å²) in [5.74, 6) is 0. The Labute approximate surface area is 108 Å². The molecule has 6 heteroatoms. The van der Waals surface area contributed by atoms with Crippen molar-refractivity contribution < 1.29 is 8.42 Å². The van der Waals surface area contributed by atoms with Crippen molar-refractivity contribution in [3.05, 3.63) is 24.3 Å². The molecule has 5 nitrogen and oxygen atoms in total. The van der Waals surface area contributed by atoms with E-state index in [0.717, 1.165) is 18.5 Å². The lowest BCUT2D eigenvalue weighted by molar-refractivity contribution is 0.373. The van der Waals surface area contributed by atoms with Gasteiger partial charge in [0, 0.05) is 31.9 Å². The summed E-state index contributed by atoms with van der Waals surface area (Å²) in [6.45, 7) is 0. The Hall–Kier alpha value is -1.11. The van der Waals surface area contributed by atoms with Gasteiger partial charge in [0.25, 0.3) is 0 Å². The van der Waals surface area contributed by atoms with Crippen LogP contribution in [0, 0.1) is 0 Å². The minimum Gasteiger partial charge on any atom is -0.382 e. The van der Waals surface area contributed by atoms with E-state index in [1.165, 1.54) is 18.4 Å². The van der Waals surface area contributed by atoms with E-state index in [-0.39, 0.29) is 6.04 Å². The van der Waals surface area contributed by atoms with E-state index in [0.29, 0.717) is 10.9 Å². The predicted molar refractivity (Wildman–Crippen MR) is 71.9 cm³/mol. The molecule has 1 aliphatic carbocycles. The van der Waals surface area contributed by atoms with Crippen molar-refractivity contribution in [3.8, 4) is 0 Å². The fourth-order valence-electron chi connectivity index (χ4n) is 1.97. The van der Waals surface area contributed by atoms with E-state index in [9.17, 15) is 8.42 Å². The largest absolute Gasteiger partial charge is 0.382 e. The molecule has 2 rings (SSSR count). The highest BCUT2D eigenvalue weighted by Gasteiger charge is 2.26. The standard InChI is InChI=1S/C12H19N3O2S/c1-15(2)18(16,17)12-5-3-4-10(8-12)14-11-6-9(13)7-11/h3-5,8-9,11,14H,6-7,13H2,1-2H3. The maximum absolute atomic E-state index is 12.0. The fraction of sp³-hybridized carbons (Fsp3) is 0.500. The maximum atomic E-state index is 12.0. The van der Waals surface area contributed by atoms with E-state index in [1.54, 1.807) is 18.2 Å². The van der Waals surface area contributed by atoms with Gasteiger partial charge in [0.15, 0.2) is 0 Å². The summed E-state index contributed by atoms with van der Waals surface area (Å²) < 4.78 is 25.2. The van der Waals surface area contributed by atoms with Crippen molar-refractivity contribution in [3.63, 3.8) is 0 Å². The van der Waals surface area contributed by atoms with E-state index >= 15 is 0 Å². The third kappa shape index (κ3) is 2.66. The molecule has 0 spiro atoms. The number of rotatable bonds is 4. The van der Waals surface area contributed by atoms with Crippen molar-refractivity contribution >= 4 is 15.7 Å². The minimum absolute atomic E-state index is 0.274. The number of anilines is 1. The summed E-state index contributed by atoms with van der Waals surface area (Å²) in [6, 6.07) is 7.52. The van der Waals surface area contributed by atoms with Gasteiger partial charge in [-0.2, -0.15) is 0 Å². The maximum Gasteiger partial charge on any atom is 0.242 e. The van der Waals surface area contributed by atoms with Crippen LogP contribution in [0.2, 0.25) is 0 Å². The quantitative estimate of drug-likeness (QED) is 0.849. The molecule has 100 valence electrons. The molecule has 1 aliphatic rings. The molecule has 18 heavy (non-hydrogen) atoms. The second-order valence-corrected chi connectivity index (χ2v) is 7.04. The third-order valence-electron chi connectivity index (χ3n) is 3.16. The van der Waals surface area contributed by atoms with E-state index in [4.69, 9.17) is 5.73 Å². The summed E-state index contributed by atoms with van der Waals surface area (Å²) in [4.78, 5) is 0.307. The van der Waals surface area contributed by atoms with Gasteiger partial charge in [-0.05, 0) is 31.0 Å². The molecule has 3 N–H and O–H groups in total. The molecule has 0 atom stereocenters. The molecule has 1 fully saturated rings. The lowest BCUT2D eigenvalue weighted by atomic mass is 9.87. The van der Waals surface area contributed by atoms with Crippen LogP contribution in [0.5, 0.6) is 0 Å². The number of sulfonamides is 1. The van der Waals surface area contributed by atoms with Crippen LogP contribution >= 0.6 is 0 Å². The van der Waals surface area contributed by atoms with Gasteiger partial charge < -0.3 is 11.1 Å². The monoisotopic (exact) mass is 269 g/mol. The predicted octanol–water partition coefficient (Wildman–Crippen LogP) is 0.839. The first kappa shape index (κ1) is 13.3. The van der Waals surface area contributed by atoms with Crippen molar-refractivity contribution in [2.75, 3.05) is 19.4 Å². The first-order valence-electron chi connectivity index (χ1n) is 5.94. The number of nitrogens with one attached hydrogen (secondary N) is 1. The van der Waals surface area contributed by atoms with Crippen LogP contribution in [0.1, 0.15) is 12.8 Å². The summed E-state index contributed by atoms with van der Waals surface area (Å²) >= 11 is 0. The topological polar surface area (TPSA) is 75.4 Å². The van der Waals surface area contributed by atoms with Crippen molar-refractivity contribution in [1.29, 1.82) is 0 Å². The summed E-state index contributed by atoms with van der Waals surface area (Å²) in [5.41, 5.74) is 6.55. The second kappa shape index (κ2) is 4.87. The number of nitrogens with zero attached hydrogens (tertiary/aromatic N) is 1. The molecular formula is C12H19N3O2S. The van der Waals surface area contributed by atoms with Gasteiger partial charge in [0.2, 0.25) is 10.0 Å². The van der Waals surface area contributed by atoms with Crippen LogP contribution in [0.15, 0.2) is 29.2 Å². The molecular weight excluding hydrogens is 250 g/mol. The van der Waals surface area contributed by atoms with E-state index in [1.807, 2.05) is 6.07 Å². The van der Waals surface area contributed by atoms with Crippen LogP contribution < -0.4 is 11.1 Å². The van der Waals surface area contributed by atoms with Crippen LogP contribution in [0.25, 0.3) is 0 Å². The van der Waals surface area contributed by atoms with Gasteiger partial charge in [-0.3, -0.25) is 0 Å². The molecule has 0 amide bonds. The SMILES string of the molecule is CN(C)S(=O)(=O)c1cccc(NC2CC(N)C2)c1. The minimum atomic E-state index is -3.37. The molecule has 1 saturated carbocycles. The van der Waals surface area contributed by atoms with Crippen LogP contribution in [0.3, 0.4) is 0 Å². The van der Waals surface area contributed by atoms with Crippen molar-refractivity contribution in [2.45, 2.75) is 29.8 Å². The zero-order valence-corrected chi connectivity index (χ0v) is 11.4.